The van der Waals surface area contributed by atoms with Gasteiger partial charge in [0.05, 0.1) is 6.10 Å². The van der Waals surface area contributed by atoms with Crippen LogP contribution in [0.4, 0.5) is 0 Å². The Balaban J connectivity index is 2.05. The molecule has 2 heteroatoms. The van der Waals surface area contributed by atoms with E-state index in [0.717, 1.165) is 12.8 Å². The first kappa shape index (κ1) is 6.10. The highest BCUT2D eigenvalue weighted by Gasteiger charge is 2.43. The molecule has 0 aromatic heterocycles. The molecule has 1 heterocycles. The van der Waals surface area contributed by atoms with Crippen LogP contribution in [-0.2, 0) is 9.53 Å². The highest BCUT2D eigenvalue weighted by molar-refractivity contribution is 5.87. The average Bonchev–Trinajstić information content (AvgIpc) is 2.62. The van der Waals surface area contributed by atoms with Gasteiger partial charge in [0.1, 0.15) is 6.10 Å². The molecule has 1 aliphatic carbocycles. The summed E-state index contributed by atoms with van der Waals surface area (Å²) in [5, 5.41) is 0. The van der Waals surface area contributed by atoms with E-state index in [9.17, 15) is 4.79 Å². The summed E-state index contributed by atoms with van der Waals surface area (Å²) in [4.78, 5) is 11.0. The summed E-state index contributed by atoms with van der Waals surface area (Å²) in [5.74, 6) is 0.251. The minimum atomic E-state index is -0.0371. The molecule has 2 aliphatic rings. The van der Waals surface area contributed by atoms with Gasteiger partial charge in [-0.2, -0.15) is 0 Å². The van der Waals surface area contributed by atoms with E-state index < -0.39 is 0 Å². The van der Waals surface area contributed by atoms with Crippen LogP contribution in [0.25, 0.3) is 0 Å². The Bertz CT molecular complexity index is 184. The van der Waals surface area contributed by atoms with Crippen LogP contribution in [0, 0.1) is 0 Å². The van der Waals surface area contributed by atoms with Gasteiger partial charge in [0.25, 0.3) is 0 Å². The van der Waals surface area contributed by atoms with Gasteiger partial charge in [0.2, 0.25) is 0 Å². The molecule has 1 aliphatic heterocycles. The van der Waals surface area contributed by atoms with Crippen LogP contribution in [0.5, 0.6) is 0 Å². The van der Waals surface area contributed by atoms with Crippen molar-refractivity contribution in [2.45, 2.75) is 31.5 Å². The zero-order valence-electron chi connectivity index (χ0n) is 5.75. The lowest BCUT2D eigenvalue weighted by Crippen LogP contribution is -2.09. The van der Waals surface area contributed by atoms with E-state index in [1.807, 2.05) is 6.08 Å². The van der Waals surface area contributed by atoms with Gasteiger partial charge in [0, 0.05) is 6.42 Å². The van der Waals surface area contributed by atoms with Gasteiger partial charge < -0.3 is 4.74 Å². The van der Waals surface area contributed by atoms with Gasteiger partial charge >= 0.3 is 0 Å². The molecule has 2 atom stereocenters. The first-order chi connectivity index (χ1) is 4.88. The third-order valence-electron chi connectivity index (χ3n) is 2.00. The molecule has 0 aromatic rings. The van der Waals surface area contributed by atoms with Gasteiger partial charge in [-0.05, 0) is 12.8 Å². The van der Waals surface area contributed by atoms with Crippen molar-refractivity contribution < 1.29 is 9.53 Å². The van der Waals surface area contributed by atoms with Crippen molar-refractivity contribution in [3.05, 3.63) is 12.2 Å². The number of carbonyl (C=O) groups excluding carboxylic acids is 1. The Morgan fingerprint density at radius 1 is 1.50 bits per heavy atom. The first-order valence-electron chi connectivity index (χ1n) is 3.71. The quantitative estimate of drug-likeness (QED) is 0.370. The Labute approximate surface area is 59.9 Å². The largest absolute Gasteiger partial charge is 0.361 e. The van der Waals surface area contributed by atoms with Crippen molar-refractivity contribution in [1.29, 1.82) is 0 Å². The molecule has 0 bridgehead atoms. The lowest BCUT2D eigenvalue weighted by atomic mass is 10.1. The van der Waals surface area contributed by atoms with Crippen molar-refractivity contribution in [1.82, 2.24) is 0 Å². The van der Waals surface area contributed by atoms with Crippen molar-refractivity contribution in [3.63, 3.8) is 0 Å². The number of fused-ring (bicyclic) bond motifs is 1. The molecular formula is C8H10O2. The van der Waals surface area contributed by atoms with Crippen LogP contribution in [0.15, 0.2) is 12.2 Å². The third-order valence-corrected chi connectivity index (χ3v) is 2.00. The molecule has 0 radical (unpaired) electrons. The average molecular weight is 138 g/mol. The van der Waals surface area contributed by atoms with E-state index >= 15 is 0 Å². The second-order valence-corrected chi connectivity index (χ2v) is 2.81. The number of hydrogen-bond acceptors (Lipinski definition) is 2. The fourth-order valence-corrected chi connectivity index (χ4v) is 1.34. The van der Waals surface area contributed by atoms with E-state index in [-0.39, 0.29) is 18.0 Å². The maximum Gasteiger partial charge on any atom is 0.167 e. The normalized spacial score (nSPS) is 41.4. The van der Waals surface area contributed by atoms with Crippen LogP contribution in [-0.4, -0.2) is 18.0 Å². The Hall–Kier alpha value is -0.630. The first-order valence-corrected chi connectivity index (χ1v) is 3.71. The molecular weight excluding hydrogens is 128 g/mol. The van der Waals surface area contributed by atoms with Gasteiger partial charge in [0.15, 0.2) is 5.78 Å². The number of ketones is 1. The van der Waals surface area contributed by atoms with Crippen molar-refractivity contribution in [2.75, 3.05) is 0 Å². The van der Waals surface area contributed by atoms with Crippen LogP contribution in [0.1, 0.15) is 19.3 Å². The monoisotopic (exact) mass is 138 g/mol. The van der Waals surface area contributed by atoms with Crippen LogP contribution in [0.2, 0.25) is 0 Å². The summed E-state index contributed by atoms with van der Waals surface area (Å²) in [6, 6.07) is 0. The van der Waals surface area contributed by atoms with E-state index in [1.54, 1.807) is 0 Å². The lowest BCUT2D eigenvalue weighted by Gasteiger charge is -1.95. The van der Waals surface area contributed by atoms with Crippen molar-refractivity contribution >= 4 is 5.78 Å². The number of allylic oxidation sites excluding steroid dienone is 2. The molecule has 0 amide bonds. The summed E-state index contributed by atoms with van der Waals surface area (Å²) in [6.45, 7) is 0. The number of Topliss-reactive ketones (excluding diaryl/α,β-unsaturated/α-hetero) is 1. The van der Waals surface area contributed by atoms with Gasteiger partial charge in [-0.15, -0.1) is 0 Å². The lowest BCUT2D eigenvalue weighted by molar-refractivity contribution is -0.119. The topological polar surface area (TPSA) is 29.6 Å². The molecule has 2 rings (SSSR count). The maximum absolute atomic E-state index is 11.0. The van der Waals surface area contributed by atoms with E-state index in [2.05, 4.69) is 6.08 Å². The third kappa shape index (κ3) is 0.991. The minimum Gasteiger partial charge on any atom is -0.361 e. The SMILES string of the molecule is O=C1C/C=C\CCC2OC12. The molecule has 1 saturated heterocycles. The van der Waals surface area contributed by atoms with Crippen LogP contribution >= 0.6 is 0 Å². The second-order valence-electron chi connectivity index (χ2n) is 2.81. The smallest absolute Gasteiger partial charge is 0.167 e. The van der Waals surface area contributed by atoms with Crippen LogP contribution < -0.4 is 0 Å². The van der Waals surface area contributed by atoms with E-state index in [0.29, 0.717) is 6.42 Å². The van der Waals surface area contributed by atoms with Gasteiger partial charge in [-0.1, -0.05) is 12.2 Å². The number of hydrogen-bond donors (Lipinski definition) is 0. The zero-order chi connectivity index (χ0) is 6.97. The standard InChI is InChI=1S/C8H10O2/c9-6-4-2-1-3-5-7-8(6)10-7/h1-2,7-8H,3-5H2/b2-1-. The van der Waals surface area contributed by atoms with Crippen molar-refractivity contribution in [3.8, 4) is 0 Å². The number of ether oxygens (including phenoxy) is 1. The van der Waals surface area contributed by atoms with Gasteiger partial charge in [-0.25, -0.2) is 0 Å². The number of epoxide rings is 1. The second kappa shape index (κ2) is 2.20. The highest BCUT2D eigenvalue weighted by atomic mass is 16.6. The zero-order valence-corrected chi connectivity index (χ0v) is 5.75. The maximum atomic E-state index is 11.0. The summed E-state index contributed by atoms with van der Waals surface area (Å²) in [6.07, 6.45) is 6.89. The molecule has 0 N–H and O–H groups in total. The molecule has 2 nitrogen and oxygen atoms in total. The fraction of sp³-hybridized carbons (Fsp3) is 0.625. The van der Waals surface area contributed by atoms with Gasteiger partial charge in [-0.3, -0.25) is 4.79 Å². The van der Waals surface area contributed by atoms with E-state index in [4.69, 9.17) is 4.74 Å². The number of carbonyl (C=O) groups is 1. The summed E-state index contributed by atoms with van der Waals surface area (Å²) in [7, 11) is 0. The molecule has 10 heavy (non-hydrogen) atoms. The number of rotatable bonds is 0. The Morgan fingerprint density at radius 3 is 3.30 bits per heavy atom. The van der Waals surface area contributed by atoms with Crippen LogP contribution in [0.3, 0.4) is 0 Å². The van der Waals surface area contributed by atoms with Crippen molar-refractivity contribution in [2.24, 2.45) is 0 Å². The Kier molecular flexibility index (Phi) is 1.34. The predicted octanol–water partition coefficient (Wildman–Crippen LogP) is 1.06. The molecule has 2 unspecified atom stereocenters. The summed E-state index contributed by atoms with van der Waals surface area (Å²) < 4.78 is 5.16. The Morgan fingerprint density at radius 2 is 2.40 bits per heavy atom. The minimum absolute atomic E-state index is 0.0371. The molecule has 0 aromatic carbocycles. The predicted molar refractivity (Wildman–Crippen MR) is 36.7 cm³/mol. The summed E-state index contributed by atoms with van der Waals surface area (Å²) in [5.41, 5.74) is 0. The molecule has 0 saturated carbocycles. The molecule has 0 spiro atoms. The van der Waals surface area contributed by atoms with E-state index in [1.165, 1.54) is 0 Å². The molecule has 1 fully saturated rings. The molecule has 54 valence electrons. The highest BCUT2D eigenvalue weighted by Crippen LogP contribution is 2.29. The summed E-state index contributed by atoms with van der Waals surface area (Å²) >= 11 is 0. The fourth-order valence-electron chi connectivity index (χ4n) is 1.34.